The Balaban J connectivity index is 1.38. The standard InChI is InChI=1S/C20H24N4O5S/c1-29-16-2-4-18-14(12-16)6-9-23(18)10-8-21-20(26)17-3-5-19(25)24(22-17)15-7-11-30(27,28)13-15/h2,4,6,9,12,15H,3,5,7-8,10-11,13H2,1H3,(H,21,26)/t15-/m0/s1. The molecule has 1 saturated heterocycles. The van der Waals surface area contributed by atoms with Gasteiger partial charge in [-0.2, -0.15) is 5.10 Å². The Morgan fingerprint density at radius 3 is 2.87 bits per heavy atom. The largest absolute Gasteiger partial charge is 0.497 e. The monoisotopic (exact) mass is 432 g/mol. The van der Waals surface area contributed by atoms with E-state index < -0.39 is 15.9 Å². The first-order valence-corrected chi connectivity index (χ1v) is 11.7. The summed E-state index contributed by atoms with van der Waals surface area (Å²) in [4.78, 5) is 24.7. The van der Waals surface area contributed by atoms with Gasteiger partial charge in [-0.25, -0.2) is 13.4 Å². The second-order valence-electron chi connectivity index (χ2n) is 7.53. The molecular formula is C20H24N4O5S. The van der Waals surface area contributed by atoms with Crippen LogP contribution in [0, 0.1) is 0 Å². The van der Waals surface area contributed by atoms with Crippen molar-refractivity contribution in [2.75, 3.05) is 25.2 Å². The average Bonchev–Trinajstić information content (AvgIpc) is 3.30. The fourth-order valence-electron chi connectivity index (χ4n) is 3.88. The number of aromatic nitrogens is 1. The lowest BCUT2D eigenvalue weighted by Crippen LogP contribution is -2.44. The van der Waals surface area contributed by atoms with Crippen LogP contribution < -0.4 is 10.1 Å². The summed E-state index contributed by atoms with van der Waals surface area (Å²) in [5.41, 5.74) is 1.31. The van der Waals surface area contributed by atoms with Gasteiger partial charge in [0, 0.05) is 43.0 Å². The fourth-order valence-corrected chi connectivity index (χ4v) is 5.57. The van der Waals surface area contributed by atoms with E-state index in [9.17, 15) is 18.0 Å². The number of benzene rings is 1. The maximum Gasteiger partial charge on any atom is 0.267 e. The van der Waals surface area contributed by atoms with Crippen LogP contribution in [0.5, 0.6) is 5.75 Å². The number of ether oxygens (including phenoxy) is 1. The molecule has 2 aromatic rings. The number of hydrogen-bond acceptors (Lipinski definition) is 6. The summed E-state index contributed by atoms with van der Waals surface area (Å²) in [5, 5.41) is 9.30. The third-order valence-corrected chi connectivity index (χ3v) is 7.24. The van der Waals surface area contributed by atoms with Gasteiger partial charge in [0.2, 0.25) is 5.91 Å². The van der Waals surface area contributed by atoms with Gasteiger partial charge in [0.1, 0.15) is 11.5 Å². The first-order chi connectivity index (χ1) is 14.4. The molecule has 4 rings (SSSR count). The molecule has 0 radical (unpaired) electrons. The third-order valence-electron chi connectivity index (χ3n) is 5.49. The SMILES string of the molecule is COc1ccc2c(ccn2CCNC(=O)C2=NN([C@H]3CCS(=O)(=O)C3)C(=O)CC2)c1. The number of carbonyl (C=O) groups excluding carboxylic acids is 2. The van der Waals surface area contributed by atoms with Crippen molar-refractivity contribution in [1.29, 1.82) is 0 Å². The molecule has 2 aliphatic rings. The molecule has 30 heavy (non-hydrogen) atoms. The topological polar surface area (TPSA) is 110 Å². The Hall–Kier alpha value is -2.88. The van der Waals surface area contributed by atoms with Crippen LogP contribution in [-0.4, -0.2) is 66.7 Å². The summed E-state index contributed by atoms with van der Waals surface area (Å²) in [7, 11) is -1.52. The van der Waals surface area contributed by atoms with Crippen LogP contribution in [0.4, 0.5) is 0 Å². The Kier molecular flexibility index (Phi) is 5.50. The Labute approximate surface area is 174 Å². The molecule has 160 valence electrons. The van der Waals surface area contributed by atoms with Crippen molar-refractivity contribution >= 4 is 38.3 Å². The lowest BCUT2D eigenvalue weighted by molar-refractivity contribution is -0.133. The molecule has 1 aromatic heterocycles. The summed E-state index contributed by atoms with van der Waals surface area (Å²) in [6.45, 7) is 0.984. The number of sulfone groups is 1. The summed E-state index contributed by atoms with van der Waals surface area (Å²) >= 11 is 0. The van der Waals surface area contributed by atoms with E-state index in [1.54, 1.807) is 7.11 Å². The zero-order valence-corrected chi connectivity index (χ0v) is 17.5. The number of hydrogen-bond donors (Lipinski definition) is 1. The van der Waals surface area contributed by atoms with Gasteiger partial charge < -0.3 is 14.6 Å². The minimum absolute atomic E-state index is 0.0508. The highest BCUT2D eigenvalue weighted by Gasteiger charge is 2.37. The molecule has 9 nitrogen and oxygen atoms in total. The number of methoxy groups -OCH3 is 1. The maximum absolute atomic E-state index is 12.5. The van der Waals surface area contributed by atoms with E-state index in [0.29, 0.717) is 19.5 Å². The van der Waals surface area contributed by atoms with Gasteiger partial charge in [-0.15, -0.1) is 0 Å². The summed E-state index contributed by atoms with van der Waals surface area (Å²) in [6.07, 6.45) is 2.73. The highest BCUT2D eigenvalue weighted by Crippen LogP contribution is 2.23. The highest BCUT2D eigenvalue weighted by atomic mass is 32.2. The van der Waals surface area contributed by atoms with E-state index in [2.05, 4.69) is 10.4 Å². The Morgan fingerprint density at radius 2 is 2.13 bits per heavy atom. The second kappa shape index (κ2) is 8.10. The van der Waals surface area contributed by atoms with Gasteiger partial charge in [0.15, 0.2) is 9.84 Å². The van der Waals surface area contributed by atoms with Crippen molar-refractivity contribution in [3.63, 3.8) is 0 Å². The van der Waals surface area contributed by atoms with Gasteiger partial charge in [-0.05, 0) is 30.7 Å². The third kappa shape index (κ3) is 4.18. The summed E-state index contributed by atoms with van der Waals surface area (Å²) in [6, 6.07) is 7.33. The van der Waals surface area contributed by atoms with Crippen molar-refractivity contribution in [1.82, 2.24) is 14.9 Å². The van der Waals surface area contributed by atoms with Crippen LogP contribution in [0.1, 0.15) is 19.3 Å². The van der Waals surface area contributed by atoms with E-state index in [4.69, 9.17) is 4.74 Å². The number of hydrazone groups is 1. The predicted octanol–water partition coefficient (Wildman–Crippen LogP) is 0.932. The number of fused-ring (bicyclic) bond motifs is 1. The zero-order valence-electron chi connectivity index (χ0n) is 16.7. The molecule has 0 aliphatic carbocycles. The van der Waals surface area contributed by atoms with E-state index in [1.807, 2.05) is 35.0 Å². The highest BCUT2D eigenvalue weighted by molar-refractivity contribution is 7.91. The van der Waals surface area contributed by atoms with Gasteiger partial charge >= 0.3 is 0 Å². The number of carbonyl (C=O) groups is 2. The molecular weight excluding hydrogens is 408 g/mol. The van der Waals surface area contributed by atoms with Gasteiger partial charge in [-0.3, -0.25) is 9.59 Å². The van der Waals surface area contributed by atoms with E-state index in [0.717, 1.165) is 16.7 Å². The maximum atomic E-state index is 12.5. The molecule has 3 heterocycles. The minimum atomic E-state index is -3.14. The lowest BCUT2D eigenvalue weighted by atomic mass is 10.1. The fraction of sp³-hybridized carbons (Fsp3) is 0.450. The molecule has 10 heteroatoms. The van der Waals surface area contributed by atoms with Crippen molar-refractivity contribution in [2.24, 2.45) is 5.10 Å². The van der Waals surface area contributed by atoms with Crippen LogP contribution in [0.2, 0.25) is 0 Å². The quantitative estimate of drug-likeness (QED) is 0.730. The molecule has 2 aliphatic heterocycles. The Morgan fingerprint density at radius 1 is 1.30 bits per heavy atom. The van der Waals surface area contributed by atoms with Crippen LogP contribution in [0.3, 0.4) is 0 Å². The van der Waals surface area contributed by atoms with Crippen molar-refractivity contribution in [2.45, 2.75) is 31.8 Å². The second-order valence-corrected chi connectivity index (χ2v) is 9.76. The smallest absolute Gasteiger partial charge is 0.267 e. The van der Waals surface area contributed by atoms with Crippen molar-refractivity contribution in [3.8, 4) is 5.75 Å². The lowest BCUT2D eigenvalue weighted by Gasteiger charge is -2.27. The molecule has 1 fully saturated rings. The van der Waals surface area contributed by atoms with Crippen LogP contribution in [0.15, 0.2) is 35.6 Å². The van der Waals surface area contributed by atoms with Gasteiger partial charge in [0.05, 0.1) is 24.7 Å². The van der Waals surface area contributed by atoms with Crippen molar-refractivity contribution in [3.05, 3.63) is 30.5 Å². The number of nitrogens with zero attached hydrogens (tertiary/aromatic N) is 3. The summed E-state index contributed by atoms with van der Waals surface area (Å²) < 4.78 is 30.7. The van der Waals surface area contributed by atoms with Gasteiger partial charge in [-0.1, -0.05) is 0 Å². The van der Waals surface area contributed by atoms with Crippen molar-refractivity contribution < 1.29 is 22.7 Å². The van der Waals surface area contributed by atoms with Crippen LogP contribution >= 0.6 is 0 Å². The van der Waals surface area contributed by atoms with Crippen LogP contribution in [-0.2, 0) is 26.0 Å². The first kappa shape index (κ1) is 20.4. The van der Waals surface area contributed by atoms with Gasteiger partial charge in [0.25, 0.3) is 5.91 Å². The number of nitrogens with one attached hydrogen (secondary N) is 1. The predicted molar refractivity (Wildman–Crippen MR) is 112 cm³/mol. The molecule has 1 aromatic carbocycles. The average molecular weight is 433 g/mol. The Bertz CT molecular complexity index is 1120. The molecule has 1 atom stereocenters. The molecule has 0 bridgehead atoms. The van der Waals surface area contributed by atoms with E-state index >= 15 is 0 Å². The molecule has 2 amide bonds. The molecule has 0 unspecified atom stereocenters. The van der Waals surface area contributed by atoms with Crippen LogP contribution in [0.25, 0.3) is 10.9 Å². The first-order valence-electron chi connectivity index (χ1n) is 9.87. The minimum Gasteiger partial charge on any atom is -0.497 e. The van der Waals surface area contributed by atoms with E-state index in [1.165, 1.54) is 5.01 Å². The molecule has 0 saturated carbocycles. The molecule has 1 N–H and O–H groups in total. The molecule has 0 spiro atoms. The number of rotatable bonds is 6. The van der Waals surface area contributed by atoms with E-state index in [-0.39, 0.29) is 41.9 Å². The normalized spacial score (nSPS) is 21.0. The zero-order chi connectivity index (χ0) is 21.3. The number of amides is 2. The summed E-state index contributed by atoms with van der Waals surface area (Å²) in [5.74, 6) is 0.185.